The van der Waals surface area contributed by atoms with Gasteiger partial charge in [0.25, 0.3) is 0 Å². The molecule has 4 amide bonds. The number of halogens is 1. The van der Waals surface area contributed by atoms with Gasteiger partial charge in [-0.3, -0.25) is 14.3 Å². The number of pyridine rings is 1. The molecule has 2 aromatic heterocycles. The van der Waals surface area contributed by atoms with Crippen LogP contribution in [0.5, 0.6) is 11.5 Å². The van der Waals surface area contributed by atoms with Crippen LogP contribution < -0.4 is 20.7 Å². The molecule has 5 rings (SSSR count). The minimum Gasteiger partial charge on any atom is -0.453 e. The van der Waals surface area contributed by atoms with Gasteiger partial charge in [0.2, 0.25) is 5.91 Å². The molecule has 0 spiro atoms. The van der Waals surface area contributed by atoms with Crippen LogP contribution in [0, 0.1) is 5.82 Å². The Morgan fingerprint density at radius 1 is 1.08 bits per heavy atom. The third-order valence-electron chi connectivity index (χ3n) is 6.40. The largest absolute Gasteiger partial charge is 0.453 e. The number of thiophene rings is 1. The van der Waals surface area contributed by atoms with E-state index in [1.165, 1.54) is 30.4 Å². The Morgan fingerprint density at radius 3 is 2.61 bits per heavy atom. The maximum Gasteiger partial charge on any atom is 0.355 e. The number of likely N-dealkylation sites (N-methyl/N-ethyl adjacent to an activating group) is 1. The summed E-state index contributed by atoms with van der Waals surface area (Å²) in [4.78, 5) is 41.6. The summed E-state index contributed by atoms with van der Waals surface area (Å²) in [5.74, 6) is -0.408. The lowest BCUT2D eigenvalue weighted by molar-refractivity contribution is -0.815. The normalized spacial score (nSPS) is 21.2. The van der Waals surface area contributed by atoms with Crippen molar-refractivity contribution in [1.82, 2.24) is 15.6 Å². The molecular weight excluding hydrogens is 485 g/mol. The topological polar surface area (TPSA) is 109 Å². The smallest absolute Gasteiger partial charge is 0.355 e. The molecule has 1 aromatic carbocycles. The molecule has 1 aliphatic carbocycles. The molecule has 11 heteroatoms. The molecule has 2 fully saturated rings. The minimum atomic E-state index is -0.629. The van der Waals surface area contributed by atoms with Crippen molar-refractivity contribution in [2.75, 3.05) is 25.5 Å². The Bertz CT molecular complexity index is 1360. The first-order valence-corrected chi connectivity index (χ1v) is 12.6. The quantitative estimate of drug-likeness (QED) is 0.433. The molecule has 1 saturated heterocycles. The van der Waals surface area contributed by atoms with E-state index >= 15 is 0 Å². The van der Waals surface area contributed by atoms with Gasteiger partial charge in [0.1, 0.15) is 17.2 Å². The van der Waals surface area contributed by atoms with Gasteiger partial charge in [0, 0.05) is 43.4 Å². The zero-order valence-electron chi connectivity index (χ0n) is 20.0. The van der Waals surface area contributed by atoms with Crippen LogP contribution in [0.1, 0.15) is 35.9 Å². The number of quaternary nitrogens is 1. The zero-order chi connectivity index (χ0) is 25.4. The number of hydrogen-bond acceptors (Lipinski definition) is 6. The van der Waals surface area contributed by atoms with Crippen molar-refractivity contribution >= 4 is 45.1 Å². The van der Waals surface area contributed by atoms with Crippen molar-refractivity contribution in [2.45, 2.75) is 38.3 Å². The fourth-order valence-corrected chi connectivity index (χ4v) is 5.55. The summed E-state index contributed by atoms with van der Waals surface area (Å²) < 4.78 is 21.5. The summed E-state index contributed by atoms with van der Waals surface area (Å²) in [6, 6.07) is 7.37. The number of nitrogens with zero attached hydrogens (tertiary/aromatic N) is 2. The average Bonchev–Trinajstić information content (AvgIpc) is 3.38. The number of benzene rings is 1. The van der Waals surface area contributed by atoms with Crippen LogP contribution in [0.3, 0.4) is 0 Å². The molecule has 2 atom stereocenters. The minimum absolute atomic E-state index is 0.00591. The number of rotatable bonds is 6. The van der Waals surface area contributed by atoms with E-state index in [2.05, 4.69) is 20.9 Å². The Morgan fingerprint density at radius 2 is 1.89 bits per heavy atom. The second kappa shape index (κ2) is 9.47. The molecule has 2 aliphatic rings. The van der Waals surface area contributed by atoms with Crippen LogP contribution in [0.4, 0.5) is 14.9 Å². The number of ether oxygens (including phenoxy) is 1. The van der Waals surface area contributed by atoms with Crippen molar-refractivity contribution in [2.24, 2.45) is 0 Å². The molecule has 188 valence electrons. The molecule has 9 nitrogen and oxygen atoms in total. The van der Waals surface area contributed by atoms with Gasteiger partial charge in [0.05, 0.1) is 29.9 Å². The van der Waals surface area contributed by atoms with Crippen molar-refractivity contribution in [1.29, 1.82) is 0 Å². The van der Waals surface area contributed by atoms with Crippen molar-refractivity contribution in [3.05, 3.63) is 47.2 Å². The van der Waals surface area contributed by atoms with E-state index < -0.39 is 5.82 Å². The highest BCUT2D eigenvalue weighted by molar-refractivity contribution is 7.21. The standard InChI is InChI=1S/C25H26FN5O4S/c1-14(32)28-17-8-10-31(2,13-17)24(33)22-12-19-23(36-22)21(7-9-27-19)35-20-6-5-16(11-18(20)26)30-25(34)29-15-3-4-15/h5-7,9,11-12,15,17H,3-4,8,10,13H2,1-2H3,(H2-,28,29,30,32,34)/p+1. The van der Waals surface area contributed by atoms with Crippen molar-refractivity contribution in [3.8, 4) is 11.5 Å². The van der Waals surface area contributed by atoms with E-state index in [1.54, 1.807) is 24.4 Å². The summed E-state index contributed by atoms with van der Waals surface area (Å²) in [5, 5.41) is 8.30. The molecule has 3 heterocycles. The molecule has 2 unspecified atom stereocenters. The summed E-state index contributed by atoms with van der Waals surface area (Å²) in [5.41, 5.74) is 0.905. The second-order valence-electron chi connectivity index (χ2n) is 9.55. The highest BCUT2D eigenvalue weighted by Gasteiger charge is 2.42. The van der Waals surface area contributed by atoms with Gasteiger partial charge >= 0.3 is 11.9 Å². The first-order chi connectivity index (χ1) is 17.2. The Hall–Kier alpha value is -3.57. The monoisotopic (exact) mass is 512 g/mol. The fourth-order valence-electron chi connectivity index (χ4n) is 4.43. The van der Waals surface area contributed by atoms with Crippen LogP contribution in [0.15, 0.2) is 36.5 Å². The van der Waals surface area contributed by atoms with Gasteiger partial charge in [0.15, 0.2) is 11.6 Å². The van der Waals surface area contributed by atoms with Crippen molar-refractivity contribution in [3.63, 3.8) is 0 Å². The fraction of sp³-hybridized carbons (Fsp3) is 0.360. The maximum absolute atomic E-state index is 14.8. The van der Waals surface area contributed by atoms with Gasteiger partial charge in [-0.2, -0.15) is 0 Å². The van der Waals surface area contributed by atoms with E-state index in [4.69, 9.17) is 4.74 Å². The van der Waals surface area contributed by atoms with Crippen molar-refractivity contribution < 1.29 is 28.0 Å². The van der Waals surface area contributed by atoms with Gasteiger partial charge < -0.3 is 20.7 Å². The summed E-state index contributed by atoms with van der Waals surface area (Å²) in [7, 11) is 1.87. The first kappa shape index (κ1) is 24.1. The molecule has 36 heavy (non-hydrogen) atoms. The van der Waals surface area contributed by atoms with E-state index in [1.807, 2.05) is 7.05 Å². The average molecular weight is 513 g/mol. The van der Waals surface area contributed by atoms with Crippen LogP contribution in [-0.2, 0) is 4.79 Å². The van der Waals surface area contributed by atoms with Gasteiger partial charge in [-0.15, -0.1) is 11.3 Å². The van der Waals surface area contributed by atoms with E-state index in [9.17, 15) is 18.8 Å². The van der Waals surface area contributed by atoms with E-state index in [-0.39, 0.29) is 40.2 Å². The predicted molar refractivity (Wildman–Crippen MR) is 134 cm³/mol. The SMILES string of the molecule is CC(=O)NC1CC[N+](C)(C(=O)c2cc3nccc(Oc4ccc(NC(=O)NC5CC5)cc4F)c3s2)C1. The van der Waals surface area contributed by atoms with E-state index in [0.29, 0.717) is 39.6 Å². The number of carbonyl (C=O) groups is 3. The lowest BCUT2D eigenvalue weighted by Gasteiger charge is -2.25. The number of nitrogens with one attached hydrogen (secondary N) is 3. The number of aromatic nitrogens is 1. The third kappa shape index (κ3) is 5.17. The molecule has 0 bridgehead atoms. The number of amides is 4. The molecule has 1 saturated carbocycles. The number of urea groups is 1. The van der Waals surface area contributed by atoms with Crippen LogP contribution in [0.25, 0.3) is 10.2 Å². The molecule has 3 N–H and O–H groups in total. The molecule has 0 radical (unpaired) electrons. The van der Waals surface area contributed by atoms with Crippen LogP contribution in [0.2, 0.25) is 0 Å². The predicted octanol–water partition coefficient (Wildman–Crippen LogP) is 4.01. The van der Waals surface area contributed by atoms with Crippen LogP contribution >= 0.6 is 11.3 Å². The first-order valence-electron chi connectivity index (χ1n) is 11.8. The lowest BCUT2D eigenvalue weighted by atomic mass is 10.2. The Balaban J connectivity index is 1.33. The zero-order valence-corrected chi connectivity index (χ0v) is 20.8. The molecular formula is C25H27FN5O4S+. The summed E-state index contributed by atoms with van der Waals surface area (Å²) >= 11 is 1.25. The summed E-state index contributed by atoms with van der Waals surface area (Å²) in [6.07, 6.45) is 4.20. The number of anilines is 1. The van der Waals surface area contributed by atoms with Crippen LogP contribution in [-0.4, -0.2) is 59.5 Å². The Kier molecular flexibility index (Phi) is 6.35. The lowest BCUT2D eigenvalue weighted by Crippen LogP contribution is -2.49. The number of likely N-dealkylation sites (tertiary alicyclic amines) is 1. The van der Waals surface area contributed by atoms with Gasteiger partial charge in [-0.05, 0) is 31.0 Å². The molecule has 1 aliphatic heterocycles. The number of fused-ring (bicyclic) bond motifs is 1. The van der Waals surface area contributed by atoms with Gasteiger partial charge in [-0.25, -0.2) is 14.0 Å². The highest BCUT2D eigenvalue weighted by atomic mass is 32.1. The van der Waals surface area contributed by atoms with Gasteiger partial charge in [-0.1, -0.05) is 0 Å². The number of hydrogen-bond donors (Lipinski definition) is 3. The highest BCUT2D eigenvalue weighted by Crippen LogP contribution is 2.37. The second-order valence-corrected chi connectivity index (χ2v) is 10.6. The molecule has 3 aromatic rings. The Labute approximate surface area is 211 Å². The summed E-state index contributed by atoms with van der Waals surface area (Å²) in [6.45, 7) is 2.62. The third-order valence-corrected chi connectivity index (χ3v) is 7.53. The number of carbonyl (C=O) groups excluding carboxylic acids is 3. The maximum atomic E-state index is 14.8. The van der Waals surface area contributed by atoms with E-state index in [0.717, 1.165) is 19.3 Å².